The summed E-state index contributed by atoms with van der Waals surface area (Å²) in [5.41, 5.74) is 12.0. The van der Waals surface area contributed by atoms with Crippen LogP contribution in [0.1, 0.15) is 28.0 Å². The molecule has 2 aromatic heterocycles. The number of nitrogens with zero attached hydrogens (tertiary/aromatic N) is 4. The number of hydrogen-bond donors (Lipinski definition) is 2. The zero-order valence-electron chi connectivity index (χ0n) is 17.4. The number of esters is 2. The van der Waals surface area contributed by atoms with E-state index in [1.807, 2.05) is 0 Å². The van der Waals surface area contributed by atoms with Gasteiger partial charge in [0, 0.05) is 12.8 Å². The molecule has 3 rings (SSSR count). The monoisotopic (exact) mass is 456 g/mol. The number of carbonyl (C=O) groups excluding carboxylic acids is 2. The van der Waals surface area contributed by atoms with Gasteiger partial charge in [0.05, 0.1) is 31.7 Å². The summed E-state index contributed by atoms with van der Waals surface area (Å²) in [7, 11) is 2.56. The molecule has 4 N–H and O–H groups in total. The van der Waals surface area contributed by atoms with Crippen molar-refractivity contribution in [3.8, 4) is 12.3 Å². The Morgan fingerprint density at radius 1 is 1.09 bits per heavy atom. The first-order valence-electron chi connectivity index (χ1n) is 9.10. The minimum atomic E-state index is -1.27. The summed E-state index contributed by atoms with van der Waals surface area (Å²) in [4.78, 5) is 41.3. The highest BCUT2D eigenvalue weighted by molar-refractivity contribution is 5.90. The topological polar surface area (TPSA) is 156 Å². The van der Waals surface area contributed by atoms with Crippen molar-refractivity contribution in [3.05, 3.63) is 47.3 Å². The van der Waals surface area contributed by atoms with Crippen molar-refractivity contribution in [2.24, 2.45) is 0 Å². The average molecular weight is 457 g/mol. The quantitative estimate of drug-likeness (QED) is 0.411. The molecule has 0 aliphatic rings. The standard InChI is InChI=1S/C21H20N6O4.ClH/c1-4-9-21(19(29)31-3,13-7-5-12(6-8-13)18(28)30-2)10-14-11-24-17-15(25-14)16(22)26-20(23)27-17;/h1,5-8,11H,9-10H2,2-3H3,(H4,22,23,24,26,27);1H. The fourth-order valence-corrected chi connectivity index (χ4v) is 3.32. The minimum Gasteiger partial charge on any atom is -0.468 e. The fraction of sp³-hybridized carbons (Fsp3) is 0.238. The molecule has 0 spiro atoms. The van der Waals surface area contributed by atoms with Crippen molar-refractivity contribution in [1.29, 1.82) is 0 Å². The molecule has 1 unspecified atom stereocenters. The maximum absolute atomic E-state index is 13.0. The molecule has 0 fully saturated rings. The largest absolute Gasteiger partial charge is 0.468 e. The Morgan fingerprint density at radius 2 is 1.78 bits per heavy atom. The van der Waals surface area contributed by atoms with E-state index in [2.05, 4.69) is 25.9 Å². The Hall–Kier alpha value is -3.97. The molecule has 2 heterocycles. The highest BCUT2D eigenvalue weighted by Crippen LogP contribution is 2.34. The van der Waals surface area contributed by atoms with Crippen molar-refractivity contribution in [2.45, 2.75) is 18.3 Å². The molecule has 0 saturated heterocycles. The molecule has 32 heavy (non-hydrogen) atoms. The molecule has 0 amide bonds. The second kappa shape index (κ2) is 9.89. The van der Waals surface area contributed by atoms with Crippen molar-refractivity contribution >= 4 is 47.3 Å². The van der Waals surface area contributed by atoms with Crippen LogP contribution in [-0.4, -0.2) is 46.1 Å². The first kappa shape index (κ1) is 24.3. The molecule has 0 aliphatic carbocycles. The van der Waals surface area contributed by atoms with E-state index in [1.165, 1.54) is 20.4 Å². The second-order valence-corrected chi connectivity index (χ2v) is 6.70. The van der Waals surface area contributed by atoms with Crippen LogP contribution < -0.4 is 11.5 Å². The van der Waals surface area contributed by atoms with Crippen molar-refractivity contribution < 1.29 is 19.1 Å². The number of benzene rings is 1. The van der Waals surface area contributed by atoms with Gasteiger partial charge < -0.3 is 20.9 Å². The van der Waals surface area contributed by atoms with E-state index in [0.29, 0.717) is 16.8 Å². The van der Waals surface area contributed by atoms with Gasteiger partial charge >= 0.3 is 11.9 Å². The Balaban J connectivity index is 0.00000363. The van der Waals surface area contributed by atoms with Crippen LogP contribution in [0.3, 0.4) is 0 Å². The number of nitrogen functional groups attached to an aromatic ring is 2. The molecule has 3 aromatic rings. The van der Waals surface area contributed by atoms with E-state index >= 15 is 0 Å². The van der Waals surface area contributed by atoms with E-state index in [4.69, 9.17) is 27.4 Å². The molecular weight excluding hydrogens is 436 g/mol. The van der Waals surface area contributed by atoms with Gasteiger partial charge in [0.2, 0.25) is 5.95 Å². The van der Waals surface area contributed by atoms with Gasteiger partial charge in [0.15, 0.2) is 17.0 Å². The summed E-state index contributed by atoms with van der Waals surface area (Å²) >= 11 is 0. The van der Waals surface area contributed by atoms with Gasteiger partial charge in [-0.3, -0.25) is 4.79 Å². The molecule has 1 aromatic carbocycles. The van der Waals surface area contributed by atoms with Gasteiger partial charge in [-0.2, -0.15) is 9.97 Å². The van der Waals surface area contributed by atoms with E-state index in [1.54, 1.807) is 24.3 Å². The Bertz CT molecular complexity index is 1200. The highest BCUT2D eigenvalue weighted by atomic mass is 35.5. The predicted molar refractivity (Wildman–Crippen MR) is 120 cm³/mol. The maximum atomic E-state index is 13.0. The molecular formula is C21H21ClN6O4. The maximum Gasteiger partial charge on any atom is 0.337 e. The van der Waals surface area contributed by atoms with Gasteiger partial charge in [-0.1, -0.05) is 12.1 Å². The first-order valence-corrected chi connectivity index (χ1v) is 9.10. The third-order valence-electron chi connectivity index (χ3n) is 4.82. The molecule has 11 heteroatoms. The van der Waals surface area contributed by atoms with Crippen LogP contribution in [0.5, 0.6) is 0 Å². The van der Waals surface area contributed by atoms with Crippen LogP contribution in [-0.2, 0) is 26.1 Å². The van der Waals surface area contributed by atoms with Gasteiger partial charge in [-0.15, -0.1) is 24.8 Å². The first-order chi connectivity index (χ1) is 14.8. The summed E-state index contributed by atoms with van der Waals surface area (Å²) in [5, 5.41) is 0. The number of carbonyl (C=O) groups is 2. The number of terminal acetylenes is 1. The molecule has 0 bridgehead atoms. The predicted octanol–water partition coefficient (Wildman–Crippen LogP) is 1.47. The number of methoxy groups -OCH3 is 2. The summed E-state index contributed by atoms with van der Waals surface area (Å²) in [6, 6.07) is 6.37. The summed E-state index contributed by atoms with van der Waals surface area (Å²) in [5.74, 6) is 1.54. The van der Waals surface area contributed by atoms with Crippen LogP contribution in [0, 0.1) is 12.3 Å². The van der Waals surface area contributed by atoms with E-state index in [-0.39, 0.29) is 48.2 Å². The zero-order chi connectivity index (χ0) is 22.6. The third-order valence-corrected chi connectivity index (χ3v) is 4.82. The molecule has 10 nitrogen and oxygen atoms in total. The molecule has 0 radical (unpaired) electrons. The van der Waals surface area contributed by atoms with E-state index in [0.717, 1.165) is 0 Å². The Labute approximate surface area is 190 Å². The Kier molecular flexibility index (Phi) is 7.51. The SMILES string of the molecule is C#CCC(Cc1cnc2nc(N)nc(N)c2n1)(C(=O)OC)c1ccc(C(=O)OC)cc1.Cl. The lowest BCUT2D eigenvalue weighted by Crippen LogP contribution is -2.39. The van der Waals surface area contributed by atoms with Crippen LogP contribution in [0.4, 0.5) is 11.8 Å². The molecule has 1 atom stereocenters. The summed E-state index contributed by atoms with van der Waals surface area (Å²) < 4.78 is 9.80. The van der Waals surface area contributed by atoms with E-state index in [9.17, 15) is 9.59 Å². The fourth-order valence-electron chi connectivity index (χ4n) is 3.32. The van der Waals surface area contributed by atoms with Crippen LogP contribution in [0.2, 0.25) is 0 Å². The smallest absolute Gasteiger partial charge is 0.337 e. The number of fused-ring (bicyclic) bond motifs is 1. The van der Waals surface area contributed by atoms with Crippen molar-refractivity contribution in [2.75, 3.05) is 25.7 Å². The van der Waals surface area contributed by atoms with Crippen molar-refractivity contribution in [1.82, 2.24) is 19.9 Å². The van der Waals surface area contributed by atoms with E-state index < -0.39 is 17.4 Å². The minimum absolute atomic E-state index is 0. The number of anilines is 2. The molecule has 166 valence electrons. The Morgan fingerprint density at radius 3 is 2.38 bits per heavy atom. The number of hydrogen-bond acceptors (Lipinski definition) is 10. The lowest BCUT2D eigenvalue weighted by molar-refractivity contribution is -0.147. The number of ether oxygens (including phenoxy) is 2. The molecule has 0 saturated carbocycles. The summed E-state index contributed by atoms with van der Waals surface area (Å²) in [6.07, 6.45) is 7.15. The number of halogens is 1. The molecule has 0 aliphatic heterocycles. The van der Waals surface area contributed by atoms with Gasteiger partial charge in [0.25, 0.3) is 0 Å². The number of rotatable bonds is 6. The average Bonchev–Trinajstić information content (AvgIpc) is 2.78. The zero-order valence-corrected chi connectivity index (χ0v) is 18.2. The number of aromatic nitrogens is 4. The van der Waals surface area contributed by atoms with Crippen LogP contribution >= 0.6 is 12.4 Å². The van der Waals surface area contributed by atoms with Gasteiger partial charge in [-0.25, -0.2) is 14.8 Å². The van der Waals surface area contributed by atoms with Crippen molar-refractivity contribution in [3.63, 3.8) is 0 Å². The van der Waals surface area contributed by atoms with Gasteiger partial charge in [0.1, 0.15) is 5.41 Å². The summed E-state index contributed by atoms with van der Waals surface area (Å²) in [6.45, 7) is 0. The lowest BCUT2D eigenvalue weighted by Gasteiger charge is -2.29. The highest BCUT2D eigenvalue weighted by Gasteiger charge is 2.42. The number of nitrogens with two attached hydrogens (primary N) is 2. The van der Waals surface area contributed by atoms with Gasteiger partial charge in [-0.05, 0) is 17.7 Å². The third kappa shape index (κ3) is 4.53. The van der Waals surface area contributed by atoms with Crippen LogP contribution in [0.15, 0.2) is 30.5 Å². The lowest BCUT2D eigenvalue weighted by atomic mass is 9.74. The second-order valence-electron chi connectivity index (χ2n) is 6.70. The normalized spacial score (nSPS) is 12.2. The van der Waals surface area contributed by atoms with Crippen LogP contribution in [0.25, 0.3) is 11.2 Å².